The number of carbonyl (C=O) groups is 1. The molecule has 4 fully saturated rings. The molecule has 2 nitrogen and oxygen atoms in total. The highest BCUT2D eigenvalue weighted by atomic mass is 16.3. The zero-order valence-corrected chi connectivity index (χ0v) is 21.6. The number of hydrogen-bond donors (Lipinski definition) is 1. The van der Waals surface area contributed by atoms with E-state index in [1.54, 1.807) is 0 Å². The van der Waals surface area contributed by atoms with E-state index < -0.39 is 5.60 Å². The maximum absolute atomic E-state index is 13.7. The van der Waals surface area contributed by atoms with Gasteiger partial charge in [-0.1, -0.05) is 48.5 Å². The summed E-state index contributed by atoms with van der Waals surface area (Å²) in [7, 11) is 0. The second-order valence-corrected chi connectivity index (χ2v) is 14.2. The molecule has 0 unspecified atom stereocenters. The summed E-state index contributed by atoms with van der Waals surface area (Å²) in [6.07, 6.45) is 12.3. The Labute approximate surface area is 192 Å². The molecule has 178 valence electrons. The highest BCUT2D eigenvalue weighted by Gasteiger charge is 2.63. The Bertz CT molecular complexity index is 691. The van der Waals surface area contributed by atoms with Crippen molar-refractivity contribution in [2.45, 2.75) is 125 Å². The van der Waals surface area contributed by atoms with Crippen molar-refractivity contribution in [1.29, 1.82) is 0 Å². The van der Waals surface area contributed by atoms with Gasteiger partial charge in [0.25, 0.3) is 0 Å². The number of rotatable bonds is 4. The first-order chi connectivity index (χ1) is 14.3. The fourth-order valence-corrected chi connectivity index (χ4v) is 9.16. The molecule has 0 saturated heterocycles. The maximum atomic E-state index is 13.7. The molecule has 0 amide bonds. The van der Waals surface area contributed by atoms with Crippen LogP contribution in [0.1, 0.15) is 119 Å². The lowest BCUT2D eigenvalue weighted by atomic mass is 9.43. The van der Waals surface area contributed by atoms with Gasteiger partial charge in [0, 0.05) is 12.3 Å². The minimum absolute atomic E-state index is 0.261. The monoisotopic (exact) mass is 430 g/mol. The third-order valence-electron chi connectivity index (χ3n) is 11.4. The normalized spacial score (nSPS) is 48.6. The standard InChI is InChI=1S/C29H50O2/c1-8-29(31)16-15-27(6)20(18-29)17-24(30)25-22-10-9-21(19(2)11-13-26(3,4)5)28(22,7)14-12-23(25)27/h19-23,25,31H,8-18H2,1-7H3/t19-,20+,21-,22+,23+,25+,27+,28-,29+/m1/s1. The highest BCUT2D eigenvalue weighted by molar-refractivity contribution is 5.83. The SMILES string of the molecule is CC[C@]1(O)CC[C@@]2(C)[C@@H](CC(=O)[C@@H]3[C@@H]2CC[C@]2(C)[C@@H]([C@H](C)CCC(C)(C)C)CC[C@@H]32)C1. The van der Waals surface area contributed by atoms with E-state index in [4.69, 9.17) is 0 Å². The Morgan fingerprint density at radius 1 is 1.03 bits per heavy atom. The quantitative estimate of drug-likeness (QED) is 0.503. The Kier molecular flexibility index (Phi) is 6.02. The molecule has 1 N–H and O–H groups in total. The average Bonchev–Trinajstić information content (AvgIpc) is 3.04. The molecule has 0 spiro atoms. The van der Waals surface area contributed by atoms with Crippen molar-refractivity contribution in [2.24, 2.45) is 51.8 Å². The van der Waals surface area contributed by atoms with Gasteiger partial charge in [-0.3, -0.25) is 4.79 Å². The van der Waals surface area contributed by atoms with E-state index in [-0.39, 0.29) is 5.41 Å². The first-order valence-electron chi connectivity index (χ1n) is 13.6. The van der Waals surface area contributed by atoms with Crippen molar-refractivity contribution in [3.05, 3.63) is 0 Å². The van der Waals surface area contributed by atoms with Crippen molar-refractivity contribution < 1.29 is 9.90 Å². The molecule has 0 aromatic rings. The molecule has 0 aromatic heterocycles. The second kappa shape index (κ2) is 7.85. The third-order valence-corrected chi connectivity index (χ3v) is 11.4. The number of fused-ring (bicyclic) bond motifs is 5. The van der Waals surface area contributed by atoms with Crippen molar-refractivity contribution in [2.75, 3.05) is 0 Å². The van der Waals surface area contributed by atoms with E-state index >= 15 is 0 Å². The van der Waals surface area contributed by atoms with Gasteiger partial charge in [0.05, 0.1) is 5.60 Å². The van der Waals surface area contributed by atoms with E-state index in [1.807, 2.05) is 0 Å². The minimum Gasteiger partial charge on any atom is -0.390 e. The molecule has 4 saturated carbocycles. The van der Waals surface area contributed by atoms with Crippen LogP contribution in [0.4, 0.5) is 0 Å². The average molecular weight is 431 g/mol. The predicted octanol–water partition coefficient (Wildman–Crippen LogP) is 7.43. The fourth-order valence-electron chi connectivity index (χ4n) is 9.16. The third kappa shape index (κ3) is 3.95. The van der Waals surface area contributed by atoms with E-state index in [0.29, 0.717) is 40.3 Å². The minimum atomic E-state index is -0.526. The van der Waals surface area contributed by atoms with E-state index in [0.717, 1.165) is 43.9 Å². The number of Topliss-reactive ketones (excluding diaryl/α,β-unsaturated/α-hetero) is 1. The summed E-state index contributed by atoms with van der Waals surface area (Å²) in [5.74, 6) is 3.97. The molecule has 31 heavy (non-hydrogen) atoms. The first kappa shape index (κ1) is 23.8. The smallest absolute Gasteiger partial charge is 0.136 e. The van der Waals surface area contributed by atoms with Crippen LogP contribution in [0.2, 0.25) is 0 Å². The Hall–Kier alpha value is -0.370. The van der Waals surface area contributed by atoms with Crippen molar-refractivity contribution in [3.8, 4) is 0 Å². The largest absolute Gasteiger partial charge is 0.390 e. The molecule has 0 radical (unpaired) electrons. The zero-order chi connectivity index (χ0) is 22.8. The van der Waals surface area contributed by atoms with Gasteiger partial charge < -0.3 is 5.11 Å². The van der Waals surface area contributed by atoms with Gasteiger partial charge in [0.1, 0.15) is 5.78 Å². The van der Waals surface area contributed by atoms with Crippen molar-refractivity contribution in [3.63, 3.8) is 0 Å². The fraction of sp³-hybridized carbons (Fsp3) is 0.966. The number of aliphatic hydroxyl groups is 1. The molecule has 4 rings (SSSR count). The van der Waals surface area contributed by atoms with Crippen LogP contribution in [0.25, 0.3) is 0 Å². The Morgan fingerprint density at radius 2 is 1.71 bits per heavy atom. The maximum Gasteiger partial charge on any atom is 0.136 e. The summed E-state index contributed by atoms with van der Waals surface area (Å²) in [5, 5.41) is 11.0. The van der Waals surface area contributed by atoms with Gasteiger partial charge in [-0.2, -0.15) is 0 Å². The van der Waals surface area contributed by atoms with E-state index in [9.17, 15) is 9.90 Å². The van der Waals surface area contributed by atoms with Gasteiger partial charge >= 0.3 is 0 Å². The van der Waals surface area contributed by atoms with Crippen molar-refractivity contribution >= 4 is 5.78 Å². The summed E-state index contributed by atoms with van der Waals surface area (Å²) in [5.41, 5.74) is 0.504. The summed E-state index contributed by atoms with van der Waals surface area (Å²) in [6.45, 7) is 16.8. The molecule has 9 atom stereocenters. The van der Waals surface area contributed by atoms with Crippen LogP contribution in [-0.2, 0) is 4.79 Å². The molecule has 0 aliphatic heterocycles. The summed E-state index contributed by atoms with van der Waals surface area (Å²) < 4.78 is 0. The van der Waals surface area contributed by atoms with E-state index in [2.05, 4.69) is 48.5 Å². The highest BCUT2D eigenvalue weighted by Crippen LogP contribution is 2.68. The molecule has 4 aliphatic rings. The van der Waals surface area contributed by atoms with Gasteiger partial charge in [0.2, 0.25) is 0 Å². The van der Waals surface area contributed by atoms with Crippen LogP contribution in [-0.4, -0.2) is 16.5 Å². The number of ketones is 1. The van der Waals surface area contributed by atoms with Crippen LogP contribution < -0.4 is 0 Å². The first-order valence-corrected chi connectivity index (χ1v) is 13.6. The summed E-state index contributed by atoms with van der Waals surface area (Å²) >= 11 is 0. The van der Waals surface area contributed by atoms with E-state index in [1.165, 1.54) is 38.5 Å². The molecule has 0 bridgehead atoms. The van der Waals surface area contributed by atoms with Crippen LogP contribution in [0.15, 0.2) is 0 Å². The van der Waals surface area contributed by atoms with Gasteiger partial charge in [-0.05, 0) is 110 Å². The van der Waals surface area contributed by atoms with Crippen LogP contribution in [0, 0.1) is 51.8 Å². The second-order valence-electron chi connectivity index (χ2n) is 14.2. The Balaban J connectivity index is 1.54. The van der Waals surface area contributed by atoms with Crippen LogP contribution in [0.5, 0.6) is 0 Å². The lowest BCUT2D eigenvalue weighted by molar-refractivity contribution is -0.169. The van der Waals surface area contributed by atoms with Crippen molar-refractivity contribution in [1.82, 2.24) is 0 Å². The molecule has 0 heterocycles. The Morgan fingerprint density at radius 3 is 2.35 bits per heavy atom. The summed E-state index contributed by atoms with van der Waals surface area (Å²) in [6, 6.07) is 0. The van der Waals surface area contributed by atoms with Crippen LogP contribution >= 0.6 is 0 Å². The van der Waals surface area contributed by atoms with Gasteiger partial charge in [0.15, 0.2) is 0 Å². The summed E-state index contributed by atoms with van der Waals surface area (Å²) in [4.78, 5) is 13.7. The van der Waals surface area contributed by atoms with Crippen LogP contribution in [0.3, 0.4) is 0 Å². The zero-order valence-electron chi connectivity index (χ0n) is 21.6. The van der Waals surface area contributed by atoms with Gasteiger partial charge in [-0.25, -0.2) is 0 Å². The molecule has 2 heteroatoms. The number of carbonyl (C=O) groups excluding carboxylic acids is 1. The molecular weight excluding hydrogens is 380 g/mol. The lowest BCUT2D eigenvalue weighted by Crippen LogP contribution is -2.58. The number of hydrogen-bond acceptors (Lipinski definition) is 2. The molecule has 0 aromatic carbocycles. The molecule has 4 aliphatic carbocycles. The topological polar surface area (TPSA) is 37.3 Å². The lowest BCUT2D eigenvalue weighted by Gasteiger charge is -2.61. The predicted molar refractivity (Wildman–Crippen MR) is 129 cm³/mol. The molecular formula is C29H50O2. The van der Waals surface area contributed by atoms with Gasteiger partial charge in [-0.15, -0.1) is 0 Å².